The zero-order valence-electron chi connectivity index (χ0n) is 37.6. The Kier molecular flexibility index (Phi) is 13.8. The first kappa shape index (κ1) is 49.9. The molecule has 2 atom stereocenters. The Balaban J connectivity index is 0.000000178. The molecule has 0 fully saturated rings. The Bertz CT molecular complexity index is 3280. The van der Waals surface area contributed by atoms with Crippen LogP contribution in [0.25, 0.3) is 22.5 Å². The fourth-order valence-electron chi connectivity index (χ4n) is 8.32. The van der Waals surface area contributed by atoms with E-state index in [1.54, 1.807) is 48.9 Å². The molecule has 0 bridgehead atoms. The van der Waals surface area contributed by atoms with Gasteiger partial charge in [-0.2, -0.15) is 36.5 Å². The van der Waals surface area contributed by atoms with Crippen molar-refractivity contribution in [1.29, 1.82) is 0 Å². The van der Waals surface area contributed by atoms with Crippen LogP contribution in [-0.2, 0) is 32.4 Å². The highest BCUT2D eigenvalue weighted by molar-refractivity contribution is 7.93. The number of nitrogens with one attached hydrogen (secondary N) is 2. The molecule has 372 valence electrons. The average molecular weight is 1070 g/mol. The van der Waals surface area contributed by atoms with Gasteiger partial charge in [0.05, 0.1) is 55.5 Å². The molecule has 6 heterocycles. The lowest BCUT2D eigenvalue weighted by Gasteiger charge is -2.28. The fourth-order valence-corrected chi connectivity index (χ4v) is 11.6. The molecule has 0 radical (unpaired) electrons. The van der Waals surface area contributed by atoms with Crippen molar-refractivity contribution in [2.24, 2.45) is 0 Å². The summed E-state index contributed by atoms with van der Waals surface area (Å²) in [7, 11) is -7.93. The van der Waals surface area contributed by atoms with Gasteiger partial charge in [-0.3, -0.25) is 9.44 Å². The molecule has 72 heavy (non-hydrogen) atoms. The lowest BCUT2D eigenvalue weighted by Crippen LogP contribution is -2.19. The first-order chi connectivity index (χ1) is 34.2. The number of alkyl halides is 6. The number of hydrogen-bond donors (Lipinski definition) is 2. The minimum Gasteiger partial charge on any atom is -0.493 e. The van der Waals surface area contributed by atoms with Gasteiger partial charge in [-0.05, 0) is 98.5 Å². The van der Waals surface area contributed by atoms with Crippen LogP contribution >= 0.6 is 22.7 Å². The second kappa shape index (κ2) is 19.9. The maximum Gasteiger partial charge on any atom is 0.416 e. The van der Waals surface area contributed by atoms with E-state index in [0.717, 1.165) is 34.3 Å². The Hall–Kier alpha value is -7.02. The third-order valence-electron chi connectivity index (χ3n) is 11.6. The number of fused-ring (bicyclic) bond motifs is 2. The summed E-state index contributed by atoms with van der Waals surface area (Å²) >= 11 is 2.72. The Morgan fingerprint density at radius 2 is 0.958 bits per heavy atom. The van der Waals surface area contributed by atoms with E-state index in [0.29, 0.717) is 69.1 Å². The van der Waals surface area contributed by atoms with E-state index < -0.39 is 43.5 Å². The van der Waals surface area contributed by atoms with Gasteiger partial charge in [0, 0.05) is 69.4 Å². The summed E-state index contributed by atoms with van der Waals surface area (Å²) in [4.78, 5) is 8.78. The van der Waals surface area contributed by atoms with Gasteiger partial charge in [0.15, 0.2) is 11.6 Å². The standard InChI is InChI=1S/2C24H19F3N4O3S2/c2*1-14-29-21(13-35-14)20-11-15(24(25,26)27)4-6-17(20)18-8-10-34-22-12-16(5-7-19(18)22)36(32,33)31-23-3-2-9-28-30-23/h2*2-7,9,11-13,18H,8,10H2,1H3,(H,30,31)/t2*18-/m10/s1. The molecule has 0 amide bonds. The molecule has 2 N–H and O–H groups in total. The van der Waals surface area contributed by atoms with E-state index in [4.69, 9.17) is 9.47 Å². The summed E-state index contributed by atoms with van der Waals surface area (Å²) in [6.45, 7) is 4.13. The van der Waals surface area contributed by atoms with Crippen LogP contribution in [0.15, 0.2) is 130 Å². The number of benzene rings is 4. The molecule has 24 heteroatoms. The SMILES string of the molecule is Cc1nc(-c2cc(C(F)(F)F)ccc2[C@@H]2CCOc3cc(S(=O)(=O)Nc4cccnn4)ccc32)cs1.Cc1nc(-c2cc(C(F)(F)F)ccc2[C@H]2CCOc3cc(S(=O)(=O)Nc4cccnn4)ccc32)cs1. The van der Waals surface area contributed by atoms with E-state index in [-0.39, 0.29) is 46.5 Å². The smallest absolute Gasteiger partial charge is 0.416 e. The zero-order valence-corrected chi connectivity index (χ0v) is 40.8. The van der Waals surface area contributed by atoms with Gasteiger partial charge in [0.25, 0.3) is 20.0 Å². The van der Waals surface area contributed by atoms with Crippen molar-refractivity contribution in [1.82, 2.24) is 30.4 Å². The van der Waals surface area contributed by atoms with Crippen LogP contribution in [-0.4, -0.2) is 60.4 Å². The number of aromatic nitrogens is 6. The number of halogens is 6. The van der Waals surface area contributed by atoms with Gasteiger partial charge in [-0.25, -0.2) is 26.8 Å². The summed E-state index contributed by atoms with van der Waals surface area (Å²) in [6, 6.07) is 22.4. The molecule has 2 aliphatic heterocycles. The number of nitrogens with zero attached hydrogens (tertiary/aromatic N) is 6. The van der Waals surface area contributed by atoms with Crippen molar-refractivity contribution < 1.29 is 52.7 Å². The van der Waals surface area contributed by atoms with Crippen LogP contribution < -0.4 is 18.9 Å². The Morgan fingerprint density at radius 1 is 0.556 bits per heavy atom. The van der Waals surface area contributed by atoms with E-state index >= 15 is 0 Å². The number of hydrogen-bond acceptors (Lipinski definition) is 14. The molecule has 0 saturated heterocycles. The summed E-state index contributed by atoms with van der Waals surface area (Å²) < 4.78 is 149. The van der Waals surface area contributed by atoms with E-state index in [2.05, 4.69) is 39.8 Å². The molecule has 4 aromatic heterocycles. The third-order valence-corrected chi connectivity index (χ3v) is 15.8. The minimum atomic E-state index is -4.49. The molecular weight excluding hydrogens is 1030 g/mol. The van der Waals surface area contributed by atoms with Crippen molar-refractivity contribution >= 4 is 54.4 Å². The van der Waals surface area contributed by atoms with Crippen LogP contribution in [0.4, 0.5) is 38.0 Å². The first-order valence-corrected chi connectivity index (χ1v) is 26.4. The number of aryl methyl sites for hydroxylation is 2. The van der Waals surface area contributed by atoms with E-state index in [9.17, 15) is 43.2 Å². The number of thiazole rings is 2. The summed E-state index contributed by atoms with van der Waals surface area (Å²) in [5.74, 6) is 0.238. The Morgan fingerprint density at radius 3 is 1.31 bits per heavy atom. The highest BCUT2D eigenvalue weighted by atomic mass is 32.2. The van der Waals surface area contributed by atoms with Crippen molar-refractivity contribution in [2.45, 2.75) is 60.7 Å². The monoisotopic (exact) mass is 1060 g/mol. The average Bonchev–Trinajstić information content (AvgIpc) is 4.00. The molecule has 14 nitrogen and oxygen atoms in total. The fraction of sp³-hybridized carbons (Fsp3) is 0.208. The predicted molar refractivity (Wildman–Crippen MR) is 257 cm³/mol. The summed E-state index contributed by atoms with van der Waals surface area (Å²) in [5, 5.41) is 19.7. The van der Waals surface area contributed by atoms with Crippen LogP contribution in [0.1, 0.15) is 68.1 Å². The Labute approximate surface area is 416 Å². The molecule has 4 aromatic carbocycles. The largest absolute Gasteiger partial charge is 0.493 e. The van der Waals surface area contributed by atoms with Gasteiger partial charge in [0.1, 0.15) is 11.5 Å². The zero-order chi connectivity index (χ0) is 51.0. The van der Waals surface area contributed by atoms with Crippen LogP contribution in [0.2, 0.25) is 0 Å². The van der Waals surface area contributed by atoms with Crippen molar-refractivity contribution in [3.8, 4) is 34.0 Å². The van der Waals surface area contributed by atoms with Gasteiger partial charge >= 0.3 is 12.4 Å². The molecule has 2 aliphatic rings. The second-order valence-electron chi connectivity index (χ2n) is 16.3. The summed E-state index contributed by atoms with van der Waals surface area (Å²) in [6.07, 6.45) is -5.12. The lowest BCUT2D eigenvalue weighted by molar-refractivity contribution is -0.138. The van der Waals surface area contributed by atoms with E-state index in [1.807, 2.05) is 0 Å². The summed E-state index contributed by atoms with van der Waals surface area (Å²) in [5.41, 5.74) is 2.95. The number of ether oxygens (including phenoxy) is 2. The molecule has 0 saturated carbocycles. The van der Waals surface area contributed by atoms with Crippen LogP contribution in [0.3, 0.4) is 0 Å². The topological polar surface area (TPSA) is 188 Å². The van der Waals surface area contributed by atoms with Crippen molar-refractivity contribution in [3.63, 3.8) is 0 Å². The van der Waals surface area contributed by atoms with Gasteiger partial charge < -0.3 is 9.47 Å². The first-order valence-electron chi connectivity index (χ1n) is 21.7. The molecule has 0 aliphatic carbocycles. The number of anilines is 2. The van der Waals surface area contributed by atoms with Crippen LogP contribution in [0, 0.1) is 13.8 Å². The van der Waals surface area contributed by atoms with Crippen LogP contribution in [0.5, 0.6) is 11.5 Å². The molecule has 0 unspecified atom stereocenters. The van der Waals surface area contributed by atoms with Gasteiger partial charge in [0.2, 0.25) is 0 Å². The molecule has 8 aromatic rings. The van der Waals surface area contributed by atoms with Gasteiger partial charge in [-0.1, -0.05) is 24.3 Å². The molecule has 0 spiro atoms. The quantitative estimate of drug-likeness (QED) is 0.124. The molecular formula is C48H38F6N8O6S4. The predicted octanol–water partition coefficient (Wildman–Crippen LogP) is 11.3. The molecule has 10 rings (SSSR count). The third kappa shape index (κ3) is 10.9. The number of rotatable bonds is 10. The van der Waals surface area contributed by atoms with Crippen molar-refractivity contribution in [3.05, 3.63) is 164 Å². The van der Waals surface area contributed by atoms with Crippen molar-refractivity contribution in [2.75, 3.05) is 22.7 Å². The van der Waals surface area contributed by atoms with E-state index in [1.165, 1.54) is 83.6 Å². The maximum atomic E-state index is 13.5. The van der Waals surface area contributed by atoms with Gasteiger partial charge in [-0.15, -0.1) is 32.9 Å². The highest BCUT2D eigenvalue weighted by Crippen LogP contribution is 2.46. The lowest BCUT2D eigenvalue weighted by atomic mass is 9.83. The second-order valence-corrected chi connectivity index (χ2v) is 21.8. The normalized spacial score (nSPS) is 15.7. The highest BCUT2D eigenvalue weighted by Gasteiger charge is 2.36. The maximum absolute atomic E-state index is 13.5. The number of sulfonamides is 2. The minimum absolute atomic E-state index is 0.0321.